The highest BCUT2D eigenvalue weighted by Crippen LogP contribution is 2.17. The van der Waals surface area contributed by atoms with Gasteiger partial charge in [0.2, 0.25) is 0 Å². The van der Waals surface area contributed by atoms with Crippen molar-refractivity contribution in [2.45, 2.75) is 25.1 Å². The van der Waals surface area contributed by atoms with Crippen molar-refractivity contribution in [1.29, 1.82) is 0 Å². The maximum absolute atomic E-state index is 5.57. The summed E-state index contributed by atoms with van der Waals surface area (Å²) in [6.45, 7) is 6.91. The third-order valence-corrected chi connectivity index (χ3v) is 3.98. The summed E-state index contributed by atoms with van der Waals surface area (Å²) < 4.78 is 1.93. The van der Waals surface area contributed by atoms with E-state index in [2.05, 4.69) is 28.7 Å². The van der Waals surface area contributed by atoms with E-state index in [1.807, 2.05) is 16.9 Å². The minimum Gasteiger partial charge on any atom is -0.382 e. The topological polar surface area (TPSA) is 47.1 Å². The van der Waals surface area contributed by atoms with E-state index in [1.54, 1.807) is 0 Å². The van der Waals surface area contributed by atoms with Crippen LogP contribution in [0.4, 0.5) is 5.82 Å². The molecule has 4 nitrogen and oxygen atoms in total. The lowest BCUT2D eigenvalue weighted by Gasteiger charge is -2.30. The van der Waals surface area contributed by atoms with Crippen molar-refractivity contribution in [2.24, 2.45) is 0 Å². The van der Waals surface area contributed by atoms with E-state index in [0.29, 0.717) is 5.82 Å². The lowest BCUT2D eigenvalue weighted by Crippen LogP contribution is -2.37. The SMILES string of the molecule is CC1CN(CCCn2ccc(N)n2)CCS1. The predicted octanol–water partition coefficient (Wildman–Crippen LogP) is 1.29. The van der Waals surface area contributed by atoms with Gasteiger partial charge in [0, 0.05) is 36.8 Å². The minimum atomic E-state index is 0.614. The van der Waals surface area contributed by atoms with Crippen LogP contribution in [-0.2, 0) is 6.54 Å². The predicted molar refractivity (Wildman–Crippen MR) is 69.6 cm³/mol. The van der Waals surface area contributed by atoms with Crippen LogP contribution in [0.5, 0.6) is 0 Å². The van der Waals surface area contributed by atoms with E-state index in [0.717, 1.165) is 18.2 Å². The molecule has 1 fully saturated rings. The van der Waals surface area contributed by atoms with Crippen LogP contribution in [-0.4, -0.2) is 45.3 Å². The van der Waals surface area contributed by atoms with E-state index < -0.39 is 0 Å². The number of aromatic nitrogens is 2. The van der Waals surface area contributed by atoms with Gasteiger partial charge < -0.3 is 10.6 Å². The second kappa shape index (κ2) is 5.59. The number of rotatable bonds is 4. The zero-order valence-electron chi connectivity index (χ0n) is 9.80. The third kappa shape index (κ3) is 3.42. The highest BCUT2D eigenvalue weighted by Gasteiger charge is 2.15. The van der Waals surface area contributed by atoms with E-state index in [9.17, 15) is 0 Å². The van der Waals surface area contributed by atoms with E-state index in [-0.39, 0.29) is 0 Å². The number of nitrogens with two attached hydrogens (primary N) is 1. The van der Waals surface area contributed by atoms with Crippen LogP contribution in [0.1, 0.15) is 13.3 Å². The van der Waals surface area contributed by atoms with E-state index in [1.165, 1.54) is 25.4 Å². The van der Waals surface area contributed by atoms with Gasteiger partial charge in [-0.05, 0) is 19.0 Å². The number of aryl methyl sites for hydroxylation is 1. The minimum absolute atomic E-state index is 0.614. The summed E-state index contributed by atoms with van der Waals surface area (Å²) in [6, 6.07) is 1.85. The first-order chi connectivity index (χ1) is 7.74. The summed E-state index contributed by atoms with van der Waals surface area (Å²) in [6.07, 6.45) is 3.10. The Bertz CT molecular complexity index is 326. The molecular formula is C11H20N4S. The number of hydrogen-bond acceptors (Lipinski definition) is 4. The van der Waals surface area contributed by atoms with Crippen LogP contribution in [0.15, 0.2) is 12.3 Å². The first kappa shape index (κ1) is 11.8. The van der Waals surface area contributed by atoms with Gasteiger partial charge in [0.15, 0.2) is 0 Å². The van der Waals surface area contributed by atoms with E-state index in [4.69, 9.17) is 5.73 Å². The molecule has 0 aliphatic carbocycles. The molecule has 2 N–H and O–H groups in total. The Morgan fingerprint density at radius 3 is 3.12 bits per heavy atom. The van der Waals surface area contributed by atoms with Crippen molar-refractivity contribution >= 4 is 17.6 Å². The smallest absolute Gasteiger partial charge is 0.145 e. The molecule has 16 heavy (non-hydrogen) atoms. The summed E-state index contributed by atoms with van der Waals surface area (Å²) in [5.41, 5.74) is 5.57. The fraction of sp³-hybridized carbons (Fsp3) is 0.727. The van der Waals surface area contributed by atoms with Crippen LogP contribution in [0.3, 0.4) is 0 Å². The van der Waals surface area contributed by atoms with Gasteiger partial charge in [0.1, 0.15) is 5.82 Å². The quantitative estimate of drug-likeness (QED) is 0.861. The average molecular weight is 240 g/mol. The Morgan fingerprint density at radius 1 is 1.56 bits per heavy atom. The Hall–Kier alpha value is -0.680. The standard InChI is InChI=1S/C11H20N4S/c1-10-9-14(7-8-16-10)4-2-5-15-6-3-11(12)13-15/h3,6,10H,2,4-5,7-9H2,1H3,(H2,12,13). The zero-order chi connectivity index (χ0) is 11.4. The number of nitrogen functional groups attached to an aromatic ring is 1. The molecule has 2 rings (SSSR count). The van der Waals surface area contributed by atoms with Crippen LogP contribution >= 0.6 is 11.8 Å². The largest absolute Gasteiger partial charge is 0.382 e. The second-order valence-corrected chi connectivity index (χ2v) is 5.89. The van der Waals surface area contributed by atoms with Gasteiger partial charge in [0.25, 0.3) is 0 Å². The molecule has 5 heteroatoms. The van der Waals surface area contributed by atoms with Crippen LogP contribution < -0.4 is 5.73 Å². The molecule has 0 amide bonds. The van der Waals surface area contributed by atoms with Crippen LogP contribution in [0.25, 0.3) is 0 Å². The second-order valence-electron chi connectivity index (χ2n) is 4.34. The Labute approximate surface area is 101 Å². The zero-order valence-corrected chi connectivity index (χ0v) is 10.6. The first-order valence-electron chi connectivity index (χ1n) is 5.87. The maximum Gasteiger partial charge on any atom is 0.145 e. The first-order valence-corrected chi connectivity index (χ1v) is 6.92. The average Bonchev–Trinajstić information content (AvgIpc) is 2.64. The van der Waals surface area contributed by atoms with Crippen LogP contribution in [0.2, 0.25) is 0 Å². The van der Waals surface area contributed by atoms with Crippen molar-refractivity contribution in [3.8, 4) is 0 Å². The molecule has 1 aromatic heterocycles. The molecular weight excluding hydrogens is 220 g/mol. The lowest BCUT2D eigenvalue weighted by molar-refractivity contribution is 0.275. The molecule has 90 valence electrons. The molecule has 0 aromatic carbocycles. The van der Waals surface area contributed by atoms with Crippen molar-refractivity contribution in [2.75, 3.05) is 31.1 Å². The molecule has 1 atom stereocenters. The monoisotopic (exact) mass is 240 g/mol. The fourth-order valence-electron chi connectivity index (χ4n) is 2.05. The molecule has 0 bridgehead atoms. The Morgan fingerprint density at radius 2 is 2.44 bits per heavy atom. The summed E-state index contributed by atoms with van der Waals surface area (Å²) in [5, 5.41) is 4.97. The summed E-state index contributed by atoms with van der Waals surface area (Å²) in [5.74, 6) is 1.89. The molecule has 1 aromatic rings. The van der Waals surface area contributed by atoms with Crippen molar-refractivity contribution in [3.05, 3.63) is 12.3 Å². The summed E-state index contributed by atoms with van der Waals surface area (Å²) in [4.78, 5) is 2.55. The highest BCUT2D eigenvalue weighted by molar-refractivity contribution is 7.99. The molecule has 1 aliphatic rings. The van der Waals surface area contributed by atoms with Gasteiger partial charge in [-0.2, -0.15) is 16.9 Å². The van der Waals surface area contributed by atoms with Crippen LogP contribution in [0, 0.1) is 0 Å². The number of anilines is 1. The molecule has 0 radical (unpaired) electrons. The third-order valence-electron chi connectivity index (χ3n) is 2.85. The molecule has 1 aliphatic heterocycles. The van der Waals surface area contributed by atoms with Crippen molar-refractivity contribution in [3.63, 3.8) is 0 Å². The van der Waals surface area contributed by atoms with Gasteiger partial charge in [-0.3, -0.25) is 4.68 Å². The van der Waals surface area contributed by atoms with Gasteiger partial charge >= 0.3 is 0 Å². The Balaban J connectivity index is 1.67. The normalized spacial score (nSPS) is 22.4. The number of thioether (sulfide) groups is 1. The van der Waals surface area contributed by atoms with Gasteiger partial charge in [-0.1, -0.05) is 6.92 Å². The van der Waals surface area contributed by atoms with Gasteiger partial charge in [0.05, 0.1) is 0 Å². The van der Waals surface area contributed by atoms with Crippen molar-refractivity contribution < 1.29 is 0 Å². The summed E-state index contributed by atoms with van der Waals surface area (Å²) in [7, 11) is 0. The number of nitrogens with zero attached hydrogens (tertiary/aromatic N) is 3. The molecule has 2 heterocycles. The van der Waals surface area contributed by atoms with Crippen molar-refractivity contribution in [1.82, 2.24) is 14.7 Å². The Kier molecular flexibility index (Phi) is 4.12. The number of hydrogen-bond donors (Lipinski definition) is 1. The summed E-state index contributed by atoms with van der Waals surface area (Å²) >= 11 is 2.08. The van der Waals surface area contributed by atoms with Gasteiger partial charge in [-0.15, -0.1) is 0 Å². The molecule has 1 unspecified atom stereocenters. The maximum atomic E-state index is 5.57. The molecule has 1 saturated heterocycles. The lowest BCUT2D eigenvalue weighted by atomic mass is 10.3. The molecule has 0 saturated carbocycles. The molecule has 0 spiro atoms. The van der Waals surface area contributed by atoms with E-state index >= 15 is 0 Å². The van der Waals surface area contributed by atoms with Gasteiger partial charge in [-0.25, -0.2) is 0 Å². The highest BCUT2D eigenvalue weighted by atomic mass is 32.2. The fourth-order valence-corrected chi connectivity index (χ4v) is 3.13.